The second-order valence-electron chi connectivity index (χ2n) is 11.9. The highest BCUT2D eigenvalue weighted by Crippen LogP contribution is 2.82. The predicted octanol–water partition coefficient (Wildman–Crippen LogP) is 2.55. The van der Waals surface area contributed by atoms with Crippen molar-refractivity contribution >= 4 is 17.6 Å². The summed E-state index contributed by atoms with van der Waals surface area (Å²) in [6.07, 6.45) is 3.94. The number of ether oxygens (including phenoxy) is 3. The summed E-state index contributed by atoms with van der Waals surface area (Å²) in [4.78, 5) is 14.9. The lowest BCUT2D eigenvalue weighted by molar-refractivity contribution is -0.274. The maximum Gasteiger partial charge on any atom is 0.302 e. The van der Waals surface area contributed by atoms with E-state index in [1.807, 2.05) is 0 Å². The van der Waals surface area contributed by atoms with Crippen molar-refractivity contribution in [3.8, 4) is 0 Å². The first-order chi connectivity index (χ1) is 14.7. The molecule has 0 radical (unpaired) electrons. The Bertz CT molecular complexity index is 856. The highest BCUT2D eigenvalue weighted by Gasteiger charge is 2.90. The molecule has 2 saturated heterocycles. The van der Waals surface area contributed by atoms with Crippen LogP contribution in [0.25, 0.3) is 0 Å². The Morgan fingerprint density at radius 3 is 2.81 bits per heavy atom. The molecule has 0 amide bonds. The van der Waals surface area contributed by atoms with E-state index in [1.54, 1.807) is 6.92 Å². The molecular weight excluding hydrogens is 418 g/mol. The van der Waals surface area contributed by atoms with Crippen LogP contribution in [0.2, 0.25) is 0 Å². The van der Waals surface area contributed by atoms with Crippen LogP contribution < -0.4 is 0 Å². The quantitative estimate of drug-likeness (QED) is 0.514. The number of fused-ring (bicyclic) bond motifs is 1. The SMILES string of the molecule is CCN1C[C@]2(C)CC[C@H](OC(C)=O)[C@@]34[C@@H]5C[C@H]6[C@H](O)[C@@H]5[C@@]5(C[C@H]6Cl)OCO[C@]5(C[C@H]23)[C@@H]14. The second-order valence-corrected chi connectivity index (χ2v) is 12.5. The van der Waals surface area contributed by atoms with Crippen molar-refractivity contribution in [3.63, 3.8) is 0 Å². The largest absolute Gasteiger partial charge is 0.462 e. The highest BCUT2D eigenvalue weighted by molar-refractivity contribution is 6.21. The average Bonchev–Trinajstić information content (AvgIpc) is 3.27. The van der Waals surface area contributed by atoms with Crippen LogP contribution >= 0.6 is 11.6 Å². The molecule has 7 fully saturated rings. The zero-order chi connectivity index (χ0) is 21.6. The van der Waals surface area contributed by atoms with Gasteiger partial charge >= 0.3 is 5.97 Å². The monoisotopic (exact) mass is 451 g/mol. The molecule has 6 nitrogen and oxygen atoms in total. The van der Waals surface area contributed by atoms with Gasteiger partial charge in [-0.05, 0) is 55.9 Å². The van der Waals surface area contributed by atoms with Crippen molar-refractivity contribution in [3.05, 3.63) is 0 Å². The molecule has 5 aliphatic carbocycles. The van der Waals surface area contributed by atoms with Crippen molar-refractivity contribution < 1.29 is 24.1 Å². The maximum atomic E-state index is 12.3. The molecule has 2 aliphatic heterocycles. The minimum absolute atomic E-state index is 0.00784. The molecule has 31 heavy (non-hydrogen) atoms. The Balaban J connectivity index is 1.53. The van der Waals surface area contributed by atoms with E-state index in [-0.39, 0.29) is 58.9 Å². The molecule has 0 unspecified atom stereocenters. The lowest BCUT2D eigenvalue weighted by atomic mass is 9.43. The fraction of sp³-hybridized carbons (Fsp3) is 0.958. The molecule has 3 spiro atoms. The van der Waals surface area contributed by atoms with Crippen LogP contribution in [0.4, 0.5) is 0 Å². The summed E-state index contributed by atoms with van der Waals surface area (Å²) in [7, 11) is 0. The van der Waals surface area contributed by atoms with Crippen molar-refractivity contribution in [2.24, 2.45) is 34.5 Å². The van der Waals surface area contributed by atoms with Crippen molar-refractivity contribution in [2.75, 3.05) is 19.9 Å². The van der Waals surface area contributed by atoms with Crippen LogP contribution in [-0.4, -0.2) is 70.7 Å². The molecule has 12 atom stereocenters. The summed E-state index contributed by atoms with van der Waals surface area (Å²) in [6, 6.07) is 0.143. The average molecular weight is 452 g/mol. The minimum atomic E-state index is -0.538. The summed E-state index contributed by atoms with van der Waals surface area (Å²) in [6.45, 7) is 8.51. The Hall–Kier alpha value is -0.400. The first kappa shape index (κ1) is 20.0. The number of rotatable bonds is 2. The van der Waals surface area contributed by atoms with Crippen LogP contribution in [0.1, 0.15) is 52.9 Å². The van der Waals surface area contributed by atoms with Crippen molar-refractivity contribution in [1.82, 2.24) is 4.90 Å². The second kappa shape index (κ2) is 5.80. The zero-order valence-corrected chi connectivity index (χ0v) is 19.4. The minimum Gasteiger partial charge on any atom is -0.462 e. The van der Waals surface area contributed by atoms with E-state index in [9.17, 15) is 9.90 Å². The number of aliphatic hydroxyl groups is 1. The number of nitrogens with zero attached hydrogens (tertiary/aromatic N) is 1. The number of carbonyl (C=O) groups excluding carboxylic acids is 1. The summed E-state index contributed by atoms with van der Waals surface area (Å²) >= 11 is 6.96. The molecule has 7 heteroatoms. The van der Waals surface area contributed by atoms with E-state index in [0.29, 0.717) is 5.92 Å². The number of carbonyl (C=O) groups is 1. The number of hydrogen-bond donors (Lipinski definition) is 1. The maximum absolute atomic E-state index is 12.3. The van der Waals surface area contributed by atoms with E-state index < -0.39 is 17.3 Å². The van der Waals surface area contributed by atoms with E-state index in [0.717, 1.165) is 45.2 Å². The molecular formula is C24H34ClNO5. The molecule has 7 aliphatic rings. The van der Waals surface area contributed by atoms with Crippen molar-refractivity contribution in [2.45, 2.75) is 87.7 Å². The van der Waals surface area contributed by atoms with Gasteiger partial charge in [0.05, 0.1) is 12.1 Å². The molecule has 0 aromatic carbocycles. The Kier molecular flexibility index (Phi) is 3.75. The number of esters is 1. The van der Waals surface area contributed by atoms with Crippen LogP contribution in [0.3, 0.4) is 0 Å². The van der Waals surface area contributed by atoms with E-state index in [4.69, 9.17) is 25.8 Å². The van der Waals surface area contributed by atoms with Gasteiger partial charge in [0.25, 0.3) is 0 Å². The molecule has 5 saturated carbocycles. The Labute approximate surface area is 188 Å². The standard InChI is InChI=1S/C24H34ClNO5/c1-4-26-10-21(3)6-5-17(31-12(2)27)24-14-7-13-15(25)8-22(18(14)19(13)28)23(20(24)26,9-16(21)24)30-11-29-22/h13-20,28H,4-11H2,1-3H3/t13-,14-,15-,16-,17+,18-,19+,20-,21+,22-,23-,24-/m1/s1. The smallest absolute Gasteiger partial charge is 0.302 e. The van der Waals surface area contributed by atoms with E-state index in [2.05, 4.69) is 18.7 Å². The van der Waals surface area contributed by atoms with Gasteiger partial charge in [-0.15, -0.1) is 11.6 Å². The van der Waals surface area contributed by atoms with Gasteiger partial charge in [0.2, 0.25) is 0 Å². The lowest BCUT2D eigenvalue weighted by Gasteiger charge is -2.69. The van der Waals surface area contributed by atoms with Crippen LogP contribution in [0, 0.1) is 34.5 Å². The number of halogens is 1. The Morgan fingerprint density at radius 1 is 1.29 bits per heavy atom. The fourth-order valence-electron chi connectivity index (χ4n) is 10.8. The molecule has 7 bridgehead atoms. The summed E-state index contributed by atoms with van der Waals surface area (Å²) in [5.41, 5.74) is -1.07. The van der Waals surface area contributed by atoms with Gasteiger partial charge in [-0.2, -0.15) is 0 Å². The number of hydrogen-bond acceptors (Lipinski definition) is 6. The van der Waals surface area contributed by atoms with Gasteiger partial charge in [-0.1, -0.05) is 13.8 Å². The van der Waals surface area contributed by atoms with Gasteiger partial charge in [0, 0.05) is 36.1 Å². The highest BCUT2D eigenvalue weighted by atomic mass is 35.5. The molecule has 0 aromatic rings. The van der Waals surface area contributed by atoms with E-state index >= 15 is 0 Å². The lowest BCUT2D eigenvalue weighted by Crippen LogP contribution is -2.80. The van der Waals surface area contributed by atoms with E-state index in [1.165, 1.54) is 0 Å². The van der Waals surface area contributed by atoms with Crippen LogP contribution in [-0.2, 0) is 19.0 Å². The molecule has 172 valence electrons. The van der Waals surface area contributed by atoms with Gasteiger partial charge in [0.15, 0.2) is 0 Å². The molecule has 1 N–H and O–H groups in total. The molecule has 2 heterocycles. The Morgan fingerprint density at radius 2 is 2.06 bits per heavy atom. The fourth-order valence-corrected chi connectivity index (χ4v) is 11.3. The normalized spacial score (nSPS) is 63.1. The van der Waals surface area contributed by atoms with Gasteiger partial charge in [-0.3, -0.25) is 9.69 Å². The molecule has 7 rings (SSSR count). The van der Waals surface area contributed by atoms with Crippen LogP contribution in [0.5, 0.6) is 0 Å². The first-order valence-electron chi connectivity index (χ1n) is 12.3. The van der Waals surface area contributed by atoms with Crippen molar-refractivity contribution in [1.29, 1.82) is 0 Å². The summed E-state index contributed by atoms with van der Waals surface area (Å²) in [5, 5.41) is 11.4. The third-order valence-corrected chi connectivity index (χ3v) is 11.8. The summed E-state index contributed by atoms with van der Waals surface area (Å²) in [5.74, 6) is 0.539. The van der Waals surface area contributed by atoms with Gasteiger partial charge < -0.3 is 19.3 Å². The number of aliphatic hydroxyl groups excluding tert-OH is 1. The molecule has 0 aromatic heterocycles. The zero-order valence-electron chi connectivity index (χ0n) is 18.7. The third kappa shape index (κ3) is 1.88. The predicted molar refractivity (Wildman–Crippen MR) is 112 cm³/mol. The number of likely N-dealkylation sites (tertiary alicyclic amines) is 1. The van der Waals surface area contributed by atoms with Gasteiger partial charge in [-0.25, -0.2) is 0 Å². The third-order valence-electron chi connectivity index (χ3n) is 11.3. The topological polar surface area (TPSA) is 68.2 Å². The summed E-state index contributed by atoms with van der Waals surface area (Å²) < 4.78 is 19.5. The number of likely N-dealkylation sites (N-methyl/N-ethyl adjacent to an activating group) is 1. The number of alkyl halides is 1. The first-order valence-corrected chi connectivity index (χ1v) is 12.7. The van der Waals surface area contributed by atoms with Crippen LogP contribution in [0.15, 0.2) is 0 Å². The number of piperidine rings is 1. The van der Waals surface area contributed by atoms with Gasteiger partial charge in [0.1, 0.15) is 24.1 Å².